The smallest absolute Gasteiger partial charge is 0.136 e. The Morgan fingerprint density at radius 3 is 2.67 bits per heavy atom. The molecule has 1 unspecified atom stereocenters. The van der Waals surface area contributed by atoms with Gasteiger partial charge in [-0.15, -0.1) is 0 Å². The molecule has 21 heavy (non-hydrogen) atoms. The molecular weight excluding hydrogens is 260 g/mol. The monoisotopic (exact) mass is 278 g/mol. The number of rotatable bonds is 4. The van der Waals surface area contributed by atoms with E-state index in [0.717, 1.165) is 23.0 Å². The van der Waals surface area contributed by atoms with Crippen LogP contribution in [0.1, 0.15) is 30.9 Å². The van der Waals surface area contributed by atoms with Gasteiger partial charge in [0.1, 0.15) is 5.78 Å². The van der Waals surface area contributed by atoms with Gasteiger partial charge in [-0.25, -0.2) is 0 Å². The van der Waals surface area contributed by atoms with Crippen LogP contribution in [0.15, 0.2) is 54.7 Å². The number of fused-ring (bicyclic) bond motifs is 1. The van der Waals surface area contributed by atoms with Crippen molar-refractivity contribution in [2.24, 2.45) is 0 Å². The van der Waals surface area contributed by atoms with Crippen LogP contribution in [0.4, 0.5) is 0 Å². The summed E-state index contributed by atoms with van der Waals surface area (Å²) in [5.74, 6) is 0.109. The first kappa shape index (κ1) is 13.6. The Kier molecular flexibility index (Phi) is 3.57. The summed E-state index contributed by atoms with van der Waals surface area (Å²) in [5, 5.41) is 5.57. The van der Waals surface area contributed by atoms with Crippen LogP contribution in [0.2, 0.25) is 0 Å². The van der Waals surface area contributed by atoms with Crippen LogP contribution in [-0.2, 0) is 11.3 Å². The van der Waals surface area contributed by atoms with Gasteiger partial charge in [0.25, 0.3) is 0 Å². The van der Waals surface area contributed by atoms with E-state index in [1.54, 1.807) is 6.92 Å². The summed E-state index contributed by atoms with van der Waals surface area (Å²) in [4.78, 5) is 11.6. The van der Waals surface area contributed by atoms with Crippen molar-refractivity contribution in [2.75, 3.05) is 0 Å². The Labute approximate surface area is 124 Å². The molecule has 0 saturated carbocycles. The first-order chi connectivity index (χ1) is 10.1. The molecule has 0 radical (unpaired) electrons. The first-order valence-corrected chi connectivity index (χ1v) is 7.15. The largest absolute Gasteiger partial charge is 0.299 e. The Balaban J connectivity index is 2.00. The lowest BCUT2D eigenvalue weighted by atomic mass is 9.97. The molecule has 1 atom stereocenters. The second-order valence-electron chi connectivity index (χ2n) is 5.44. The normalized spacial score (nSPS) is 12.5. The van der Waals surface area contributed by atoms with Crippen molar-refractivity contribution in [3.63, 3.8) is 0 Å². The molecule has 0 saturated heterocycles. The van der Waals surface area contributed by atoms with Gasteiger partial charge < -0.3 is 0 Å². The van der Waals surface area contributed by atoms with E-state index in [1.807, 2.05) is 48.1 Å². The molecule has 0 fully saturated rings. The number of hydrogen-bond acceptors (Lipinski definition) is 2. The van der Waals surface area contributed by atoms with Crippen molar-refractivity contribution < 1.29 is 4.79 Å². The van der Waals surface area contributed by atoms with E-state index >= 15 is 0 Å². The van der Waals surface area contributed by atoms with Gasteiger partial charge in [-0.05, 0) is 24.1 Å². The van der Waals surface area contributed by atoms with Gasteiger partial charge >= 0.3 is 0 Å². The van der Waals surface area contributed by atoms with E-state index in [9.17, 15) is 4.79 Å². The SMILES string of the molecule is CC(=O)C(C)c1ccc2cnn(Cc3ccccc3)c2c1. The molecule has 3 rings (SSSR count). The number of carbonyl (C=O) groups excluding carboxylic acids is 1. The average molecular weight is 278 g/mol. The minimum absolute atomic E-state index is 0.0746. The van der Waals surface area contributed by atoms with Crippen molar-refractivity contribution in [3.05, 3.63) is 65.9 Å². The Hall–Kier alpha value is -2.42. The second-order valence-corrected chi connectivity index (χ2v) is 5.44. The van der Waals surface area contributed by atoms with Crippen molar-refractivity contribution in [2.45, 2.75) is 26.3 Å². The second kappa shape index (κ2) is 5.52. The fourth-order valence-corrected chi connectivity index (χ4v) is 2.47. The zero-order valence-corrected chi connectivity index (χ0v) is 12.3. The van der Waals surface area contributed by atoms with E-state index in [1.165, 1.54) is 5.56 Å². The van der Waals surface area contributed by atoms with E-state index in [4.69, 9.17) is 0 Å². The maximum atomic E-state index is 11.6. The molecule has 0 aliphatic carbocycles. The van der Waals surface area contributed by atoms with Crippen molar-refractivity contribution in [1.29, 1.82) is 0 Å². The van der Waals surface area contributed by atoms with E-state index < -0.39 is 0 Å². The topological polar surface area (TPSA) is 34.9 Å². The van der Waals surface area contributed by atoms with Gasteiger partial charge in [0.05, 0.1) is 18.3 Å². The summed E-state index contributed by atoms with van der Waals surface area (Å²) in [6.45, 7) is 4.32. The molecule has 0 aliphatic rings. The van der Waals surface area contributed by atoms with Gasteiger partial charge in [0.2, 0.25) is 0 Å². The zero-order chi connectivity index (χ0) is 14.8. The third-order valence-corrected chi connectivity index (χ3v) is 3.95. The number of hydrogen-bond donors (Lipinski definition) is 0. The lowest BCUT2D eigenvalue weighted by Gasteiger charge is -2.09. The molecule has 0 bridgehead atoms. The summed E-state index contributed by atoms with van der Waals surface area (Å²) in [6, 6.07) is 16.4. The third kappa shape index (κ3) is 2.72. The third-order valence-electron chi connectivity index (χ3n) is 3.95. The predicted molar refractivity (Wildman–Crippen MR) is 84.4 cm³/mol. The number of ketones is 1. The number of carbonyl (C=O) groups is 1. The lowest BCUT2D eigenvalue weighted by Crippen LogP contribution is -2.05. The molecule has 0 spiro atoms. The maximum Gasteiger partial charge on any atom is 0.136 e. The summed E-state index contributed by atoms with van der Waals surface area (Å²) in [5.41, 5.74) is 3.33. The summed E-state index contributed by atoms with van der Waals surface area (Å²) >= 11 is 0. The van der Waals surface area contributed by atoms with Gasteiger partial charge in [-0.1, -0.05) is 49.4 Å². The molecule has 2 aromatic carbocycles. The standard InChI is InChI=1S/C18H18N2O/c1-13(14(2)21)16-8-9-17-11-19-20(18(17)10-16)12-15-6-4-3-5-7-15/h3-11,13H,12H2,1-2H3. The van der Waals surface area contributed by atoms with Crippen LogP contribution in [-0.4, -0.2) is 15.6 Å². The van der Waals surface area contributed by atoms with Gasteiger partial charge in [-0.3, -0.25) is 9.48 Å². The Morgan fingerprint density at radius 2 is 1.95 bits per heavy atom. The average Bonchev–Trinajstić information content (AvgIpc) is 2.90. The van der Waals surface area contributed by atoms with E-state index in [0.29, 0.717) is 0 Å². The molecule has 1 aromatic heterocycles. The van der Waals surface area contributed by atoms with Crippen molar-refractivity contribution >= 4 is 16.7 Å². The predicted octanol–water partition coefficient (Wildman–Crippen LogP) is 3.78. The molecule has 1 heterocycles. The highest BCUT2D eigenvalue weighted by Gasteiger charge is 2.12. The molecule has 3 heteroatoms. The maximum absolute atomic E-state index is 11.6. The molecule has 0 amide bonds. The van der Waals surface area contributed by atoms with E-state index in [-0.39, 0.29) is 11.7 Å². The van der Waals surface area contributed by atoms with Crippen LogP contribution < -0.4 is 0 Å². The van der Waals surface area contributed by atoms with Crippen LogP contribution >= 0.6 is 0 Å². The lowest BCUT2D eigenvalue weighted by molar-refractivity contribution is -0.118. The summed E-state index contributed by atoms with van der Waals surface area (Å²) < 4.78 is 1.99. The Bertz CT molecular complexity index is 774. The van der Waals surface area contributed by atoms with Crippen molar-refractivity contribution in [3.8, 4) is 0 Å². The number of benzene rings is 2. The van der Waals surface area contributed by atoms with Crippen LogP contribution in [0, 0.1) is 0 Å². The summed E-state index contributed by atoms with van der Waals surface area (Å²) in [6.07, 6.45) is 1.88. The molecule has 106 valence electrons. The first-order valence-electron chi connectivity index (χ1n) is 7.15. The highest BCUT2D eigenvalue weighted by molar-refractivity contribution is 5.86. The van der Waals surface area contributed by atoms with Crippen LogP contribution in [0.3, 0.4) is 0 Å². The fraction of sp³-hybridized carbons (Fsp3) is 0.222. The minimum atomic E-state index is -0.0746. The molecule has 0 aliphatic heterocycles. The zero-order valence-electron chi connectivity index (χ0n) is 12.3. The van der Waals surface area contributed by atoms with Gasteiger partial charge in [-0.2, -0.15) is 5.10 Å². The van der Waals surface area contributed by atoms with Crippen molar-refractivity contribution in [1.82, 2.24) is 9.78 Å². The summed E-state index contributed by atoms with van der Waals surface area (Å²) in [7, 11) is 0. The Morgan fingerprint density at radius 1 is 1.19 bits per heavy atom. The number of Topliss-reactive ketones (excluding diaryl/α,β-unsaturated/α-hetero) is 1. The number of nitrogens with zero attached hydrogens (tertiary/aromatic N) is 2. The molecule has 3 aromatic rings. The molecular formula is C18H18N2O. The minimum Gasteiger partial charge on any atom is -0.299 e. The van der Waals surface area contributed by atoms with Crippen LogP contribution in [0.25, 0.3) is 10.9 Å². The van der Waals surface area contributed by atoms with Crippen LogP contribution in [0.5, 0.6) is 0 Å². The molecule has 0 N–H and O–H groups in total. The van der Waals surface area contributed by atoms with E-state index in [2.05, 4.69) is 23.3 Å². The molecule has 3 nitrogen and oxygen atoms in total. The quantitative estimate of drug-likeness (QED) is 0.728. The fourth-order valence-electron chi connectivity index (χ4n) is 2.47. The highest BCUT2D eigenvalue weighted by Crippen LogP contribution is 2.22. The number of aromatic nitrogens is 2. The van der Waals surface area contributed by atoms with Gasteiger partial charge in [0.15, 0.2) is 0 Å². The highest BCUT2D eigenvalue weighted by atomic mass is 16.1. The van der Waals surface area contributed by atoms with Gasteiger partial charge in [0, 0.05) is 11.3 Å².